The van der Waals surface area contributed by atoms with Crippen molar-refractivity contribution in [1.29, 1.82) is 0 Å². The van der Waals surface area contributed by atoms with Crippen LogP contribution in [0.4, 0.5) is 0 Å². The molecule has 2 rings (SSSR count). The molecule has 0 fully saturated rings. The molecule has 0 N–H and O–H groups in total. The zero-order valence-corrected chi connectivity index (χ0v) is 10.6. The van der Waals surface area contributed by atoms with Crippen LogP contribution >= 0.6 is 23.5 Å². The summed E-state index contributed by atoms with van der Waals surface area (Å²) in [7, 11) is 0. The van der Waals surface area contributed by atoms with Crippen molar-refractivity contribution in [3.05, 3.63) is 42.5 Å². The third-order valence-electron chi connectivity index (χ3n) is 2.48. The van der Waals surface area contributed by atoms with Crippen LogP contribution in [0.2, 0.25) is 0 Å². The summed E-state index contributed by atoms with van der Waals surface area (Å²) in [6, 6.07) is 10.7. The van der Waals surface area contributed by atoms with E-state index >= 15 is 0 Å². The van der Waals surface area contributed by atoms with Crippen LogP contribution in [0.1, 0.15) is 19.8 Å². The van der Waals surface area contributed by atoms with E-state index in [2.05, 4.69) is 61.2 Å². The van der Waals surface area contributed by atoms with E-state index in [0.29, 0.717) is 4.08 Å². The fourth-order valence-corrected chi connectivity index (χ4v) is 4.72. The van der Waals surface area contributed by atoms with Gasteiger partial charge >= 0.3 is 0 Å². The summed E-state index contributed by atoms with van der Waals surface area (Å²) in [5.41, 5.74) is 0. The zero-order valence-electron chi connectivity index (χ0n) is 8.98. The summed E-state index contributed by atoms with van der Waals surface area (Å²) < 4.78 is 0.371. The van der Waals surface area contributed by atoms with E-state index in [-0.39, 0.29) is 0 Å². The van der Waals surface area contributed by atoms with Gasteiger partial charge in [0.1, 0.15) is 0 Å². The van der Waals surface area contributed by atoms with Crippen LogP contribution in [0.3, 0.4) is 0 Å². The highest BCUT2D eigenvalue weighted by Gasteiger charge is 2.31. The highest BCUT2D eigenvalue weighted by Crippen LogP contribution is 2.49. The van der Waals surface area contributed by atoms with E-state index in [1.165, 1.54) is 23.5 Å². The van der Waals surface area contributed by atoms with Crippen molar-refractivity contribution < 1.29 is 0 Å². The minimum Gasteiger partial charge on any atom is -0.143 e. The van der Waals surface area contributed by atoms with Gasteiger partial charge in [-0.2, -0.15) is 0 Å². The first kappa shape index (κ1) is 11.2. The molecule has 0 nitrogen and oxygen atoms in total. The molecule has 0 heterocycles. The Bertz CT molecular complexity index is 322. The van der Waals surface area contributed by atoms with Crippen LogP contribution in [0, 0.1) is 0 Å². The van der Waals surface area contributed by atoms with E-state index < -0.39 is 0 Å². The molecule has 0 aromatic heterocycles. The van der Waals surface area contributed by atoms with Gasteiger partial charge in [0.15, 0.2) is 0 Å². The Balaban J connectivity index is 2.07. The second-order valence-corrected chi connectivity index (χ2v) is 7.00. The molecule has 1 aliphatic rings. The number of hydrogen-bond acceptors (Lipinski definition) is 2. The molecule has 0 saturated heterocycles. The molecular weight excluding hydrogens is 220 g/mol. The predicted octanol–water partition coefficient (Wildman–Crippen LogP) is 4.58. The van der Waals surface area contributed by atoms with Crippen LogP contribution in [-0.4, -0.2) is 9.83 Å². The number of benzene rings is 1. The van der Waals surface area contributed by atoms with Crippen molar-refractivity contribution in [3.8, 4) is 0 Å². The monoisotopic (exact) mass is 236 g/mol. The van der Waals surface area contributed by atoms with Gasteiger partial charge in [-0.3, -0.25) is 0 Å². The third kappa shape index (κ3) is 2.82. The quantitative estimate of drug-likeness (QED) is 0.554. The van der Waals surface area contributed by atoms with Crippen molar-refractivity contribution in [3.63, 3.8) is 0 Å². The van der Waals surface area contributed by atoms with Gasteiger partial charge < -0.3 is 0 Å². The molecule has 1 aliphatic carbocycles. The van der Waals surface area contributed by atoms with Gasteiger partial charge in [-0.15, -0.1) is 23.5 Å². The summed E-state index contributed by atoms with van der Waals surface area (Å²) in [6.45, 7) is 2.25. The number of thioether (sulfide) groups is 2. The van der Waals surface area contributed by atoms with E-state index in [1.54, 1.807) is 0 Å². The smallest absolute Gasteiger partial charge is 0.0726 e. The van der Waals surface area contributed by atoms with Crippen molar-refractivity contribution in [2.75, 3.05) is 5.75 Å². The maximum atomic E-state index is 2.32. The van der Waals surface area contributed by atoms with Crippen molar-refractivity contribution >= 4 is 23.5 Å². The molecule has 2 heteroatoms. The Hall–Kier alpha value is -0.340. The maximum absolute atomic E-state index is 2.32. The van der Waals surface area contributed by atoms with E-state index in [1.807, 2.05) is 11.8 Å². The minimum absolute atomic E-state index is 0.371. The van der Waals surface area contributed by atoms with Crippen molar-refractivity contribution in [2.45, 2.75) is 28.7 Å². The van der Waals surface area contributed by atoms with Gasteiger partial charge in [-0.05, 0) is 30.7 Å². The largest absolute Gasteiger partial charge is 0.143 e. The average Bonchev–Trinajstić information content (AvgIpc) is 2.69. The van der Waals surface area contributed by atoms with Crippen molar-refractivity contribution in [1.82, 2.24) is 0 Å². The molecule has 0 bridgehead atoms. The average molecular weight is 236 g/mol. The molecule has 0 saturated carbocycles. The molecular formula is C13H16S2. The summed E-state index contributed by atoms with van der Waals surface area (Å²) >= 11 is 4.11. The Kier molecular flexibility index (Phi) is 3.81. The van der Waals surface area contributed by atoms with Crippen LogP contribution in [-0.2, 0) is 0 Å². The topological polar surface area (TPSA) is 0 Å². The second-order valence-electron chi connectivity index (χ2n) is 3.64. The summed E-state index contributed by atoms with van der Waals surface area (Å²) in [5.74, 6) is 1.20. The lowest BCUT2D eigenvalue weighted by molar-refractivity contribution is 0.881. The van der Waals surface area contributed by atoms with Gasteiger partial charge in [0, 0.05) is 4.90 Å². The molecule has 0 amide bonds. The molecule has 0 unspecified atom stereocenters. The summed E-state index contributed by atoms with van der Waals surface area (Å²) in [6.07, 6.45) is 7.04. The SMILES string of the molecule is CCSC1(Sc2ccccc2)CC=CC1. The lowest BCUT2D eigenvalue weighted by atomic mass is 10.3. The van der Waals surface area contributed by atoms with Crippen LogP contribution in [0.15, 0.2) is 47.4 Å². The van der Waals surface area contributed by atoms with Gasteiger partial charge in [0.25, 0.3) is 0 Å². The molecule has 15 heavy (non-hydrogen) atoms. The van der Waals surface area contributed by atoms with Gasteiger partial charge in [0.05, 0.1) is 4.08 Å². The zero-order chi connectivity index (χ0) is 10.6. The molecule has 0 atom stereocenters. The third-order valence-corrected chi connectivity index (χ3v) is 5.44. The molecule has 0 radical (unpaired) electrons. The highest BCUT2D eigenvalue weighted by atomic mass is 32.2. The first-order valence-electron chi connectivity index (χ1n) is 5.38. The van der Waals surface area contributed by atoms with Crippen LogP contribution in [0.5, 0.6) is 0 Å². The standard InChI is InChI=1S/C13H16S2/c1-2-14-13(10-6-7-11-13)15-12-8-4-3-5-9-12/h3-9H,2,10-11H2,1H3. The Morgan fingerprint density at radius 1 is 1.13 bits per heavy atom. The van der Waals surface area contributed by atoms with E-state index in [0.717, 1.165) is 0 Å². The normalized spacial score (nSPS) is 18.2. The molecule has 80 valence electrons. The second kappa shape index (κ2) is 5.13. The first-order chi connectivity index (χ1) is 7.35. The fourth-order valence-electron chi connectivity index (χ4n) is 1.81. The predicted molar refractivity (Wildman–Crippen MR) is 71.5 cm³/mol. The Morgan fingerprint density at radius 3 is 2.40 bits per heavy atom. The van der Waals surface area contributed by atoms with Crippen LogP contribution < -0.4 is 0 Å². The lowest BCUT2D eigenvalue weighted by Gasteiger charge is -2.27. The molecule has 1 aromatic carbocycles. The fraction of sp³-hybridized carbons (Fsp3) is 0.385. The molecule has 1 aromatic rings. The first-order valence-corrected chi connectivity index (χ1v) is 7.18. The summed E-state index contributed by atoms with van der Waals surface area (Å²) in [4.78, 5) is 1.39. The highest BCUT2D eigenvalue weighted by molar-refractivity contribution is 8.18. The summed E-state index contributed by atoms with van der Waals surface area (Å²) in [5, 5.41) is 0. The van der Waals surface area contributed by atoms with Gasteiger partial charge in [-0.1, -0.05) is 37.3 Å². The molecule has 0 spiro atoms. The molecule has 0 aliphatic heterocycles. The number of allylic oxidation sites excluding steroid dienone is 2. The van der Waals surface area contributed by atoms with Gasteiger partial charge in [-0.25, -0.2) is 0 Å². The maximum Gasteiger partial charge on any atom is 0.0726 e. The van der Waals surface area contributed by atoms with E-state index in [9.17, 15) is 0 Å². The van der Waals surface area contributed by atoms with Gasteiger partial charge in [0.2, 0.25) is 0 Å². The Morgan fingerprint density at radius 2 is 1.80 bits per heavy atom. The number of rotatable bonds is 4. The van der Waals surface area contributed by atoms with E-state index in [4.69, 9.17) is 0 Å². The minimum atomic E-state index is 0.371. The lowest BCUT2D eigenvalue weighted by Crippen LogP contribution is -2.15. The number of hydrogen-bond donors (Lipinski definition) is 0. The van der Waals surface area contributed by atoms with Crippen LogP contribution in [0.25, 0.3) is 0 Å². The Labute approximate surface area is 101 Å². The van der Waals surface area contributed by atoms with Crippen molar-refractivity contribution in [2.24, 2.45) is 0 Å².